The minimum atomic E-state index is 0.217. The Labute approximate surface area is 105 Å². The minimum absolute atomic E-state index is 0.217. The van der Waals surface area contributed by atoms with E-state index in [-0.39, 0.29) is 5.54 Å². The van der Waals surface area contributed by atoms with Gasteiger partial charge < -0.3 is 10.2 Å². The highest BCUT2D eigenvalue weighted by Crippen LogP contribution is 2.32. The summed E-state index contributed by atoms with van der Waals surface area (Å²) >= 11 is 0. The molecule has 0 radical (unpaired) electrons. The van der Waals surface area contributed by atoms with Gasteiger partial charge in [-0.15, -0.1) is 0 Å². The fourth-order valence-electron chi connectivity index (χ4n) is 2.91. The van der Waals surface area contributed by atoms with Gasteiger partial charge in [0, 0.05) is 23.8 Å². The third-order valence-corrected chi connectivity index (χ3v) is 3.82. The first-order valence-corrected chi connectivity index (χ1v) is 6.58. The molecule has 1 atom stereocenters. The Kier molecular flexibility index (Phi) is 3.43. The number of benzene rings is 1. The van der Waals surface area contributed by atoms with Crippen molar-refractivity contribution in [3.8, 4) is 0 Å². The molecule has 94 valence electrons. The Balaban J connectivity index is 2.42. The quantitative estimate of drug-likeness (QED) is 0.801. The van der Waals surface area contributed by atoms with Gasteiger partial charge in [-0.1, -0.05) is 18.2 Å². The maximum absolute atomic E-state index is 3.53. The Morgan fingerprint density at radius 1 is 1.29 bits per heavy atom. The number of para-hydroxylation sites is 1. The molecule has 2 heteroatoms. The number of hydrogen-bond acceptors (Lipinski definition) is 2. The molecule has 1 aliphatic heterocycles. The van der Waals surface area contributed by atoms with Crippen LogP contribution in [0.2, 0.25) is 0 Å². The molecule has 1 aromatic carbocycles. The minimum Gasteiger partial charge on any atom is -0.362 e. The molecule has 0 amide bonds. The van der Waals surface area contributed by atoms with Crippen molar-refractivity contribution in [1.82, 2.24) is 5.32 Å². The standard InChI is InChI=1S/C15H24N2/c1-12-7-5-6-8-14(12)17-13(2)11-16-10-9-15(17,3)4/h5-8,13,16H,9-11H2,1-4H3. The van der Waals surface area contributed by atoms with Gasteiger partial charge in [0.1, 0.15) is 0 Å². The van der Waals surface area contributed by atoms with Crippen molar-refractivity contribution in [1.29, 1.82) is 0 Å². The summed E-state index contributed by atoms with van der Waals surface area (Å²) in [6.45, 7) is 11.4. The van der Waals surface area contributed by atoms with Crippen molar-refractivity contribution >= 4 is 5.69 Å². The van der Waals surface area contributed by atoms with E-state index < -0.39 is 0 Å². The molecule has 0 aromatic heterocycles. The van der Waals surface area contributed by atoms with Crippen molar-refractivity contribution in [2.75, 3.05) is 18.0 Å². The van der Waals surface area contributed by atoms with Crippen LogP contribution in [-0.2, 0) is 0 Å². The fraction of sp³-hybridized carbons (Fsp3) is 0.600. The first kappa shape index (κ1) is 12.4. The molecule has 1 fully saturated rings. The van der Waals surface area contributed by atoms with Crippen LogP contribution < -0.4 is 10.2 Å². The summed E-state index contributed by atoms with van der Waals surface area (Å²) in [4.78, 5) is 2.59. The fourth-order valence-corrected chi connectivity index (χ4v) is 2.91. The maximum atomic E-state index is 3.53. The molecule has 0 saturated carbocycles. The van der Waals surface area contributed by atoms with Crippen LogP contribution in [0, 0.1) is 6.92 Å². The average molecular weight is 232 g/mol. The van der Waals surface area contributed by atoms with Crippen LogP contribution in [0.1, 0.15) is 32.8 Å². The normalized spacial score (nSPS) is 24.5. The SMILES string of the molecule is Cc1ccccc1N1C(C)CNCCC1(C)C. The lowest BCUT2D eigenvalue weighted by molar-refractivity contribution is 0.425. The summed E-state index contributed by atoms with van der Waals surface area (Å²) in [7, 11) is 0. The number of nitrogens with one attached hydrogen (secondary N) is 1. The lowest BCUT2D eigenvalue weighted by atomic mass is 9.95. The van der Waals surface area contributed by atoms with Gasteiger partial charge in [-0.2, -0.15) is 0 Å². The zero-order chi connectivity index (χ0) is 12.5. The largest absolute Gasteiger partial charge is 0.362 e. The Morgan fingerprint density at radius 2 is 2.00 bits per heavy atom. The summed E-state index contributed by atoms with van der Waals surface area (Å²) in [6, 6.07) is 9.25. The van der Waals surface area contributed by atoms with E-state index in [0.717, 1.165) is 13.1 Å². The van der Waals surface area contributed by atoms with Gasteiger partial charge in [0.2, 0.25) is 0 Å². The third kappa shape index (κ3) is 2.47. The van der Waals surface area contributed by atoms with E-state index in [1.165, 1.54) is 17.7 Å². The van der Waals surface area contributed by atoms with Gasteiger partial charge in [-0.25, -0.2) is 0 Å². The number of nitrogens with zero attached hydrogens (tertiary/aromatic N) is 1. The first-order valence-electron chi connectivity index (χ1n) is 6.58. The lowest BCUT2D eigenvalue weighted by Gasteiger charge is -2.43. The van der Waals surface area contributed by atoms with Crippen LogP contribution in [0.5, 0.6) is 0 Å². The van der Waals surface area contributed by atoms with Gasteiger partial charge in [-0.3, -0.25) is 0 Å². The van der Waals surface area contributed by atoms with Crippen LogP contribution in [0.4, 0.5) is 5.69 Å². The molecule has 1 aliphatic rings. The predicted octanol–water partition coefficient (Wildman–Crippen LogP) is 2.96. The second-order valence-corrected chi connectivity index (χ2v) is 5.77. The van der Waals surface area contributed by atoms with Crippen LogP contribution in [0.3, 0.4) is 0 Å². The van der Waals surface area contributed by atoms with Gasteiger partial charge in [0.15, 0.2) is 0 Å². The highest BCUT2D eigenvalue weighted by atomic mass is 15.2. The highest BCUT2D eigenvalue weighted by Gasteiger charge is 2.33. The second kappa shape index (κ2) is 4.69. The molecule has 0 spiro atoms. The molecule has 2 nitrogen and oxygen atoms in total. The molecule has 1 aromatic rings. The predicted molar refractivity (Wildman–Crippen MR) is 74.7 cm³/mol. The van der Waals surface area contributed by atoms with E-state index in [2.05, 4.69) is 62.2 Å². The molecule has 1 saturated heterocycles. The number of hydrogen-bond donors (Lipinski definition) is 1. The number of anilines is 1. The van der Waals surface area contributed by atoms with Gasteiger partial charge in [-0.05, 0) is 52.3 Å². The van der Waals surface area contributed by atoms with Gasteiger partial charge in [0.25, 0.3) is 0 Å². The van der Waals surface area contributed by atoms with E-state index in [1.807, 2.05) is 0 Å². The van der Waals surface area contributed by atoms with Gasteiger partial charge >= 0.3 is 0 Å². The molecule has 0 bridgehead atoms. The van der Waals surface area contributed by atoms with E-state index in [4.69, 9.17) is 0 Å². The van der Waals surface area contributed by atoms with Crippen LogP contribution in [0.25, 0.3) is 0 Å². The monoisotopic (exact) mass is 232 g/mol. The van der Waals surface area contributed by atoms with E-state index in [0.29, 0.717) is 6.04 Å². The topological polar surface area (TPSA) is 15.3 Å². The van der Waals surface area contributed by atoms with Gasteiger partial charge in [0.05, 0.1) is 0 Å². The Bertz CT molecular complexity index is 384. The molecular formula is C15H24N2. The zero-order valence-electron chi connectivity index (χ0n) is 11.5. The van der Waals surface area contributed by atoms with Crippen molar-refractivity contribution in [2.24, 2.45) is 0 Å². The van der Waals surface area contributed by atoms with E-state index in [9.17, 15) is 0 Å². The molecule has 0 aliphatic carbocycles. The van der Waals surface area contributed by atoms with Crippen molar-refractivity contribution in [2.45, 2.75) is 45.7 Å². The summed E-state index contributed by atoms with van der Waals surface area (Å²) in [5, 5.41) is 3.53. The molecule has 2 rings (SSSR count). The van der Waals surface area contributed by atoms with E-state index in [1.54, 1.807) is 0 Å². The summed E-state index contributed by atoms with van der Waals surface area (Å²) in [5.74, 6) is 0. The Morgan fingerprint density at radius 3 is 2.71 bits per heavy atom. The first-order chi connectivity index (χ1) is 8.02. The number of rotatable bonds is 1. The summed E-state index contributed by atoms with van der Waals surface area (Å²) in [5.41, 5.74) is 2.97. The molecule has 1 N–H and O–H groups in total. The molecule has 17 heavy (non-hydrogen) atoms. The van der Waals surface area contributed by atoms with Crippen molar-refractivity contribution < 1.29 is 0 Å². The summed E-state index contributed by atoms with van der Waals surface area (Å²) < 4.78 is 0. The summed E-state index contributed by atoms with van der Waals surface area (Å²) in [6.07, 6.45) is 1.19. The third-order valence-electron chi connectivity index (χ3n) is 3.82. The van der Waals surface area contributed by atoms with E-state index >= 15 is 0 Å². The Hall–Kier alpha value is -1.02. The number of aryl methyl sites for hydroxylation is 1. The zero-order valence-corrected chi connectivity index (χ0v) is 11.5. The molecule has 1 unspecified atom stereocenters. The average Bonchev–Trinajstić information content (AvgIpc) is 2.39. The van der Waals surface area contributed by atoms with Crippen molar-refractivity contribution in [3.63, 3.8) is 0 Å². The molecular weight excluding hydrogens is 208 g/mol. The lowest BCUT2D eigenvalue weighted by Crippen LogP contribution is -2.50. The van der Waals surface area contributed by atoms with Crippen LogP contribution >= 0.6 is 0 Å². The van der Waals surface area contributed by atoms with Crippen LogP contribution in [-0.4, -0.2) is 24.7 Å². The highest BCUT2D eigenvalue weighted by molar-refractivity contribution is 5.56. The second-order valence-electron chi connectivity index (χ2n) is 5.77. The van der Waals surface area contributed by atoms with Crippen LogP contribution in [0.15, 0.2) is 24.3 Å². The smallest absolute Gasteiger partial charge is 0.0403 e. The molecule has 1 heterocycles. The van der Waals surface area contributed by atoms with Crippen molar-refractivity contribution in [3.05, 3.63) is 29.8 Å². The maximum Gasteiger partial charge on any atom is 0.0403 e.